The van der Waals surface area contributed by atoms with Crippen LogP contribution in [0.2, 0.25) is 0 Å². The molecule has 0 amide bonds. The van der Waals surface area contributed by atoms with Gasteiger partial charge in [-0.25, -0.2) is 8.37 Å². The van der Waals surface area contributed by atoms with Crippen molar-refractivity contribution >= 4 is 32.9 Å². The molecule has 17 nitrogen and oxygen atoms in total. The molecule has 0 radical (unpaired) electrons. The van der Waals surface area contributed by atoms with Gasteiger partial charge in [0.05, 0.1) is 12.7 Å². The summed E-state index contributed by atoms with van der Waals surface area (Å²) in [6.45, 7) is -1.36. The lowest BCUT2D eigenvalue weighted by Gasteiger charge is -2.24. The summed E-state index contributed by atoms with van der Waals surface area (Å²) in [6.07, 6.45) is -13.0. The molecule has 0 aromatic carbocycles. The third-order valence-corrected chi connectivity index (χ3v) is 4.09. The summed E-state index contributed by atoms with van der Waals surface area (Å²) in [5, 5.41) is 61.9. The fourth-order valence-electron chi connectivity index (χ4n) is 1.64. The number of carbonyl (C=O) groups is 2. The summed E-state index contributed by atoms with van der Waals surface area (Å²) in [6, 6.07) is 0. The Morgan fingerprint density at radius 1 is 0.871 bits per heavy atom. The maximum atomic E-state index is 11.2. The van der Waals surface area contributed by atoms with Crippen molar-refractivity contribution in [3.05, 3.63) is 0 Å². The van der Waals surface area contributed by atoms with E-state index in [1.807, 2.05) is 0 Å². The second-order valence-electron chi connectivity index (χ2n) is 5.65. The molecule has 0 unspecified atom stereocenters. The normalized spacial score (nSPS) is 19.0. The molecule has 0 bridgehead atoms. The molecule has 0 saturated carbocycles. The molecule has 19 heteroatoms. The lowest BCUT2D eigenvalue weighted by molar-refractivity contribution is -0.139. The number of Topliss-reactive ketones (excluding diaryl/α,β-unsaturated/α-hetero) is 1. The highest BCUT2D eigenvalue weighted by molar-refractivity contribution is 7.81. The fraction of sp³-hybridized carbons (Fsp3) is 0.833. The Morgan fingerprint density at radius 3 is 1.61 bits per heavy atom. The molecular weight excluding hydrogens is 480 g/mol. The SMILES string of the molecule is C[C@H](O)[C@@H](O)[C@@H](O)[C@H](O)C=O.O=C(CO)[C@@H](OS(=O)(=O)O)[C@H](O)[C@@H](CO)OS(=O)(=O)O. The van der Waals surface area contributed by atoms with Gasteiger partial charge in [-0.3, -0.25) is 13.9 Å². The summed E-state index contributed by atoms with van der Waals surface area (Å²) in [5.74, 6) is -1.47. The summed E-state index contributed by atoms with van der Waals surface area (Å²) in [7, 11) is -10.4. The maximum absolute atomic E-state index is 11.2. The van der Waals surface area contributed by atoms with Gasteiger partial charge in [-0.1, -0.05) is 0 Å². The van der Waals surface area contributed by atoms with Crippen molar-refractivity contribution in [2.24, 2.45) is 0 Å². The van der Waals surface area contributed by atoms with Gasteiger partial charge in [0.1, 0.15) is 37.1 Å². The Kier molecular flexibility index (Phi) is 14.5. The van der Waals surface area contributed by atoms with Gasteiger partial charge in [0.25, 0.3) is 0 Å². The molecule has 0 spiro atoms. The predicted molar refractivity (Wildman–Crippen MR) is 93.8 cm³/mol. The average molecular weight is 504 g/mol. The summed E-state index contributed by atoms with van der Waals surface area (Å²) in [5.41, 5.74) is 0. The molecule has 0 aliphatic heterocycles. The Bertz CT molecular complexity index is 747. The fourth-order valence-corrected chi connectivity index (χ4v) is 2.61. The minimum Gasteiger partial charge on any atom is -0.394 e. The van der Waals surface area contributed by atoms with Crippen molar-refractivity contribution in [2.75, 3.05) is 13.2 Å². The van der Waals surface area contributed by atoms with Crippen LogP contribution in [-0.2, 0) is 38.8 Å². The van der Waals surface area contributed by atoms with Gasteiger partial charge in [-0.05, 0) is 6.92 Å². The van der Waals surface area contributed by atoms with E-state index in [0.29, 0.717) is 0 Å². The maximum Gasteiger partial charge on any atom is 0.398 e. The van der Waals surface area contributed by atoms with Crippen molar-refractivity contribution in [2.45, 2.75) is 49.7 Å². The van der Waals surface area contributed by atoms with Crippen molar-refractivity contribution in [3.63, 3.8) is 0 Å². The zero-order chi connectivity index (χ0) is 25.2. The first-order valence-corrected chi connectivity index (χ1v) is 10.6. The highest BCUT2D eigenvalue weighted by Gasteiger charge is 2.39. The number of hydrogen-bond acceptors (Lipinski definition) is 15. The Labute approximate surface area is 176 Å². The minimum atomic E-state index is -5.25. The van der Waals surface area contributed by atoms with Crippen LogP contribution in [0.1, 0.15) is 6.92 Å². The lowest BCUT2D eigenvalue weighted by atomic mass is 10.1. The van der Waals surface area contributed by atoms with Gasteiger partial charge in [0.2, 0.25) is 0 Å². The average Bonchev–Trinajstić information content (AvgIpc) is 2.66. The van der Waals surface area contributed by atoms with Crippen LogP contribution in [0.25, 0.3) is 0 Å². The molecular formula is C12H24O17S2. The number of hydrogen-bond donors (Lipinski definition) is 9. The van der Waals surface area contributed by atoms with Gasteiger partial charge in [0, 0.05) is 0 Å². The number of aldehydes is 1. The van der Waals surface area contributed by atoms with Crippen LogP contribution in [0, 0.1) is 0 Å². The van der Waals surface area contributed by atoms with E-state index < -0.39 is 82.5 Å². The second kappa shape index (κ2) is 14.1. The number of ketones is 1. The molecule has 0 fully saturated rings. The smallest absolute Gasteiger partial charge is 0.394 e. The second-order valence-corrected chi connectivity index (χ2v) is 7.75. The van der Waals surface area contributed by atoms with E-state index in [1.165, 1.54) is 6.92 Å². The molecule has 0 aliphatic carbocycles. The third kappa shape index (κ3) is 13.7. The minimum absolute atomic E-state index is 0.0935. The predicted octanol–water partition coefficient (Wildman–Crippen LogP) is -6.07. The zero-order valence-corrected chi connectivity index (χ0v) is 17.3. The van der Waals surface area contributed by atoms with Crippen LogP contribution in [0.3, 0.4) is 0 Å². The van der Waals surface area contributed by atoms with Gasteiger partial charge >= 0.3 is 20.8 Å². The molecule has 0 aromatic heterocycles. The molecule has 0 rings (SSSR count). The first-order valence-electron chi connectivity index (χ1n) is 7.83. The highest BCUT2D eigenvalue weighted by Crippen LogP contribution is 2.13. The Hall–Kier alpha value is -1.20. The van der Waals surface area contributed by atoms with E-state index in [2.05, 4.69) is 8.37 Å². The monoisotopic (exact) mass is 504 g/mol. The van der Waals surface area contributed by atoms with Crippen LogP contribution in [0.5, 0.6) is 0 Å². The van der Waals surface area contributed by atoms with Gasteiger partial charge in [0.15, 0.2) is 18.2 Å². The Balaban J connectivity index is 0. The number of aliphatic hydroxyl groups is 7. The van der Waals surface area contributed by atoms with Crippen molar-refractivity contribution in [3.8, 4) is 0 Å². The molecule has 186 valence electrons. The van der Waals surface area contributed by atoms with Gasteiger partial charge in [-0.15, -0.1) is 0 Å². The zero-order valence-electron chi connectivity index (χ0n) is 15.6. The molecule has 31 heavy (non-hydrogen) atoms. The molecule has 0 saturated heterocycles. The van der Waals surface area contributed by atoms with Crippen LogP contribution >= 0.6 is 0 Å². The van der Waals surface area contributed by atoms with Crippen LogP contribution in [0.15, 0.2) is 0 Å². The van der Waals surface area contributed by atoms with Crippen LogP contribution in [-0.4, -0.2) is 130 Å². The van der Waals surface area contributed by atoms with E-state index in [1.54, 1.807) is 0 Å². The van der Waals surface area contributed by atoms with E-state index in [9.17, 15) is 31.5 Å². The number of rotatable bonds is 13. The van der Waals surface area contributed by atoms with Gasteiger partial charge < -0.3 is 40.5 Å². The van der Waals surface area contributed by atoms with E-state index in [-0.39, 0.29) is 6.29 Å². The molecule has 9 N–H and O–H groups in total. The number of carbonyl (C=O) groups excluding carboxylic acids is 2. The molecule has 0 aliphatic rings. The highest BCUT2D eigenvalue weighted by atomic mass is 32.3. The summed E-state index contributed by atoms with van der Waals surface area (Å²) >= 11 is 0. The molecule has 0 heterocycles. The molecule has 0 aromatic rings. The molecule has 7 atom stereocenters. The Morgan fingerprint density at radius 2 is 1.32 bits per heavy atom. The first-order chi connectivity index (χ1) is 13.9. The standard InChI is InChI=1S/C6H12O12S2.C6H12O5/c7-1-3(9)6(18-20(14,15)16)5(10)4(2-8)17-19(11,12)13;1-3(8)5(10)6(11)4(9)2-7/h4-8,10H,1-2H2,(H,11,12,13)(H,14,15,16);2-6,8-11H,1H3/t4-,5-,6-;3-,4+,5+,6-/m10/s1. The van der Waals surface area contributed by atoms with Crippen LogP contribution in [0.4, 0.5) is 0 Å². The largest absolute Gasteiger partial charge is 0.398 e. The summed E-state index contributed by atoms with van der Waals surface area (Å²) in [4.78, 5) is 21.0. The topological polar surface area (TPSA) is 303 Å². The van der Waals surface area contributed by atoms with Gasteiger partial charge in [-0.2, -0.15) is 16.8 Å². The van der Waals surface area contributed by atoms with Crippen molar-refractivity contribution in [1.29, 1.82) is 0 Å². The van der Waals surface area contributed by atoms with E-state index in [4.69, 9.17) is 39.7 Å². The third-order valence-electron chi connectivity index (χ3n) is 3.15. The van der Waals surface area contributed by atoms with Crippen molar-refractivity contribution in [1.82, 2.24) is 0 Å². The summed E-state index contributed by atoms with van der Waals surface area (Å²) < 4.78 is 66.1. The first kappa shape index (κ1) is 32.0. The van der Waals surface area contributed by atoms with Crippen molar-refractivity contribution < 1.29 is 79.6 Å². The van der Waals surface area contributed by atoms with E-state index in [0.717, 1.165) is 0 Å². The van der Waals surface area contributed by atoms with Crippen LogP contribution < -0.4 is 0 Å². The lowest BCUT2D eigenvalue weighted by Crippen LogP contribution is -2.49. The quantitative estimate of drug-likeness (QED) is 0.0832. The van der Waals surface area contributed by atoms with E-state index >= 15 is 0 Å². The number of aliphatic hydroxyl groups excluding tert-OH is 7.